The van der Waals surface area contributed by atoms with Crippen LogP contribution in [0.2, 0.25) is 0 Å². The van der Waals surface area contributed by atoms with Gasteiger partial charge in [0, 0.05) is 10.2 Å². The molecule has 0 aliphatic rings. The maximum atomic E-state index is 5.33. The van der Waals surface area contributed by atoms with Gasteiger partial charge in [-0.25, -0.2) is 0 Å². The van der Waals surface area contributed by atoms with Crippen molar-refractivity contribution in [2.45, 2.75) is 13.8 Å². The van der Waals surface area contributed by atoms with Gasteiger partial charge in [-0.1, -0.05) is 24.3 Å². The monoisotopic (exact) mass is 334 g/mol. The Bertz CT molecular complexity index is 573. The average molecular weight is 335 g/mol. The van der Waals surface area contributed by atoms with Gasteiger partial charge in [-0.05, 0) is 71.3 Å². The summed E-state index contributed by atoms with van der Waals surface area (Å²) in [6.45, 7) is 4.13. The number of para-hydroxylation sites is 1. The Labute approximate surface area is 127 Å². The van der Waals surface area contributed by atoms with Gasteiger partial charge in [0.05, 0.1) is 5.69 Å². The van der Waals surface area contributed by atoms with E-state index in [4.69, 9.17) is 12.2 Å². The van der Waals surface area contributed by atoms with Crippen LogP contribution in [0, 0.1) is 13.8 Å². The summed E-state index contributed by atoms with van der Waals surface area (Å²) in [6.07, 6.45) is 0. The summed E-state index contributed by atoms with van der Waals surface area (Å²) in [4.78, 5) is 0. The quantitative estimate of drug-likeness (QED) is 0.765. The largest absolute Gasteiger partial charge is 0.332 e. The highest BCUT2D eigenvalue weighted by atomic mass is 79.9. The molecule has 4 heteroatoms. The van der Waals surface area contributed by atoms with Gasteiger partial charge >= 0.3 is 0 Å². The van der Waals surface area contributed by atoms with E-state index in [1.807, 2.05) is 30.3 Å². The Balaban J connectivity index is 2.12. The lowest BCUT2D eigenvalue weighted by molar-refractivity contribution is 1.36. The first-order chi connectivity index (χ1) is 9.06. The van der Waals surface area contributed by atoms with Crippen molar-refractivity contribution in [2.75, 3.05) is 10.6 Å². The lowest BCUT2D eigenvalue weighted by Gasteiger charge is -2.14. The van der Waals surface area contributed by atoms with Crippen molar-refractivity contribution in [3.8, 4) is 0 Å². The van der Waals surface area contributed by atoms with Crippen molar-refractivity contribution in [3.63, 3.8) is 0 Å². The third-order valence-corrected chi connectivity index (χ3v) is 3.53. The predicted octanol–water partition coefficient (Wildman–Crippen LogP) is 4.87. The maximum Gasteiger partial charge on any atom is 0.175 e. The van der Waals surface area contributed by atoms with Crippen molar-refractivity contribution in [1.82, 2.24) is 0 Å². The Morgan fingerprint density at radius 1 is 1.05 bits per heavy atom. The van der Waals surface area contributed by atoms with Gasteiger partial charge < -0.3 is 10.6 Å². The summed E-state index contributed by atoms with van der Waals surface area (Å²) in [5.41, 5.74) is 4.35. The van der Waals surface area contributed by atoms with E-state index in [9.17, 15) is 0 Å². The molecule has 0 saturated carbocycles. The first-order valence-electron chi connectivity index (χ1n) is 5.96. The van der Waals surface area contributed by atoms with Crippen molar-refractivity contribution in [1.29, 1.82) is 0 Å². The van der Waals surface area contributed by atoms with Gasteiger partial charge in [0.2, 0.25) is 0 Å². The number of rotatable bonds is 2. The number of hydrogen-bond acceptors (Lipinski definition) is 1. The molecule has 0 heterocycles. The zero-order valence-corrected chi connectivity index (χ0v) is 13.2. The zero-order chi connectivity index (χ0) is 13.8. The number of thiocarbonyl (C=S) groups is 1. The molecular formula is C15H15BrN2S. The second-order valence-electron chi connectivity index (χ2n) is 4.38. The molecule has 0 aliphatic heterocycles. The van der Waals surface area contributed by atoms with Gasteiger partial charge in [-0.15, -0.1) is 0 Å². The minimum atomic E-state index is 0.582. The van der Waals surface area contributed by atoms with E-state index in [0.29, 0.717) is 5.11 Å². The fourth-order valence-electron chi connectivity index (χ4n) is 1.87. The van der Waals surface area contributed by atoms with Crippen LogP contribution < -0.4 is 10.6 Å². The first kappa shape index (κ1) is 14.0. The first-order valence-corrected chi connectivity index (χ1v) is 7.16. The Hall–Kier alpha value is -1.39. The molecule has 0 bridgehead atoms. The molecule has 19 heavy (non-hydrogen) atoms. The Kier molecular flexibility index (Phi) is 4.56. The second-order valence-corrected chi connectivity index (χ2v) is 5.65. The summed E-state index contributed by atoms with van der Waals surface area (Å²) < 4.78 is 1.02. The van der Waals surface area contributed by atoms with Crippen LogP contribution in [-0.2, 0) is 0 Å². The van der Waals surface area contributed by atoms with Crippen LogP contribution in [0.5, 0.6) is 0 Å². The molecule has 0 aromatic heterocycles. The molecule has 2 aromatic rings. The van der Waals surface area contributed by atoms with Crippen LogP contribution in [0.3, 0.4) is 0 Å². The number of aryl methyl sites for hydroxylation is 2. The normalized spacial score (nSPS) is 10.1. The van der Waals surface area contributed by atoms with Gasteiger partial charge in [-0.3, -0.25) is 0 Å². The topological polar surface area (TPSA) is 24.1 Å². The van der Waals surface area contributed by atoms with Crippen molar-refractivity contribution in [3.05, 3.63) is 58.1 Å². The minimum Gasteiger partial charge on any atom is -0.332 e. The SMILES string of the molecule is Cc1cc(C)c(NC(=S)Nc2ccccc2)c(Br)c1. The highest BCUT2D eigenvalue weighted by Crippen LogP contribution is 2.27. The van der Waals surface area contributed by atoms with Crippen molar-refractivity contribution >= 4 is 44.6 Å². The van der Waals surface area contributed by atoms with Crippen LogP contribution in [0.4, 0.5) is 11.4 Å². The number of halogens is 1. The van der Waals surface area contributed by atoms with Gasteiger partial charge in [0.25, 0.3) is 0 Å². The molecule has 0 spiro atoms. The summed E-state index contributed by atoms with van der Waals surface area (Å²) in [5.74, 6) is 0. The summed E-state index contributed by atoms with van der Waals surface area (Å²) >= 11 is 8.89. The molecule has 98 valence electrons. The predicted molar refractivity (Wildman–Crippen MR) is 89.9 cm³/mol. The third-order valence-electron chi connectivity index (χ3n) is 2.70. The number of hydrogen-bond donors (Lipinski definition) is 2. The molecule has 2 rings (SSSR count). The second kappa shape index (κ2) is 6.17. The molecule has 2 aromatic carbocycles. The van der Waals surface area contributed by atoms with Gasteiger partial charge in [-0.2, -0.15) is 0 Å². The molecule has 0 unspecified atom stereocenters. The zero-order valence-electron chi connectivity index (χ0n) is 10.8. The van der Waals surface area contributed by atoms with E-state index < -0.39 is 0 Å². The number of anilines is 2. The summed E-state index contributed by atoms with van der Waals surface area (Å²) in [5, 5.41) is 6.97. The standard InChI is InChI=1S/C15H15BrN2S/c1-10-8-11(2)14(13(16)9-10)18-15(19)17-12-6-4-3-5-7-12/h3-9H,1-2H3,(H2,17,18,19). The lowest BCUT2D eigenvalue weighted by Crippen LogP contribution is -2.19. The highest BCUT2D eigenvalue weighted by Gasteiger charge is 2.06. The summed E-state index contributed by atoms with van der Waals surface area (Å²) in [7, 11) is 0. The van der Waals surface area contributed by atoms with E-state index in [1.54, 1.807) is 0 Å². The molecule has 0 aliphatic carbocycles. The fraction of sp³-hybridized carbons (Fsp3) is 0.133. The Morgan fingerprint density at radius 2 is 1.74 bits per heavy atom. The van der Waals surface area contributed by atoms with E-state index in [1.165, 1.54) is 5.56 Å². The maximum absolute atomic E-state index is 5.33. The molecule has 2 N–H and O–H groups in total. The van der Waals surface area contributed by atoms with Crippen LogP contribution in [0.25, 0.3) is 0 Å². The molecule has 0 saturated heterocycles. The van der Waals surface area contributed by atoms with Crippen LogP contribution >= 0.6 is 28.1 Å². The minimum absolute atomic E-state index is 0.582. The Morgan fingerprint density at radius 3 is 2.37 bits per heavy atom. The molecular weight excluding hydrogens is 320 g/mol. The van der Waals surface area contributed by atoms with Crippen LogP contribution in [-0.4, -0.2) is 5.11 Å². The van der Waals surface area contributed by atoms with Gasteiger partial charge in [0.1, 0.15) is 0 Å². The molecule has 0 fully saturated rings. The summed E-state index contributed by atoms with van der Waals surface area (Å²) in [6, 6.07) is 14.1. The van der Waals surface area contributed by atoms with E-state index >= 15 is 0 Å². The van der Waals surface area contributed by atoms with Crippen molar-refractivity contribution < 1.29 is 0 Å². The highest BCUT2D eigenvalue weighted by molar-refractivity contribution is 9.10. The van der Waals surface area contributed by atoms with Gasteiger partial charge in [0.15, 0.2) is 5.11 Å². The molecule has 0 atom stereocenters. The lowest BCUT2D eigenvalue weighted by atomic mass is 10.1. The van der Waals surface area contributed by atoms with Crippen molar-refractivity contribution in [2.24, 2.45) is 0 Å². The van der Waals surface area contributed by atoms with Crippen LogP contribution in [0.15, 0.2) is 46.9 Å². The third kappa shape index (κ3) is 3.78. The molecule has 2 nitrogen and oxygen atoms in total. The fourth-order valence-corrected chi connectivity index (χ4v) is 2.86. The number of benzene rings is 2. The smallest absolute Gasteiger partial charge is 0.175 e. The van der Waals surface area contributed by atoms with E-state index in [2.05, 4.69) is 52.5 Å². The average Bonchev–Trinajstić information content (AvgIpc) is 2.35. The van der Waals surface area contributed by atoms with E-state index in [0.717, 1.165) is 21.4 Å². The number of nitrogens with one attached hydrogen (secondary N) is 2. The molecule has 0 radical (unpaired) electrons. The van der Waals surface area contributed by atoms with Crippen LogP contribution in [0.1, 0.15) is 11.1 Å². The van der Waals surface area contributed by atoms with E-state index in [-0.39, 0.29) is 0 Å². The molecule has 0 amide bonds.